The minimum Gasteiger partial charge on any atom is -0.394 e. The first-order valence-corrected chi connectivity index (χ1v) is 14.0. The molecule has 7 unspecified atom stereocenters. The van der Waals surface area contributed by atoms with Crippen LogP contribution in [0, 0.1) is 11.3 Å². The number of aliphatic imine (C=N–C) groups is 1. The summed E-state index contributed by atoms with van der Waals surface area (Å²) in [6, 6.07) is 1.49. The third kappa shape index (κ3) is 5.29. The first-order valence-electron chi connectivity index (χ1n) is 11.0. The molecule has 0 aromatic rings. The zero-order valence-electron chi connectivity index (χ0n) is 19.5. The van der Waals surface area contributed by atoms with Crippen molar-refractivity contribution in [3.05, 3.63) is 0 Å². The van der Waals surface area contributed by atoms with E-state index in [1.54, 1.807) is 18.5 Å². The Kier molecular flexibility index (Phi) is 8.95. The maximum Gasteiger partial charge on any atom is 0.328 e. The van der Waals surface area contributed by atoms with Crippen molar-refractivity contribution in [2.24, 2.45) is 4.99 Å². The van der Waals surface area contributed by atoms with Crippen molar-refractivity contribution >= 4 is 36.9 Å². The van der Waals surface area contributed by atoms with Crippen LogP contribution in [0.15, 0.2) is 4.99 Å². The van der Waals surface area contributed by atoms with Crippen molar-refractivity contribution in [3.63, 3.8) is 0 Å². The number of methoxy groups -OCH3 is 1. The fraction of sp³-hybridized carbons (Fsp3) is 0.800. The van der Waals surface area contributed by atoms with Crippen molar-refractivity contribution in [1.29, 1.82) is 5.26 Å². The molecule has 3 heterocycles. The number of carbonyl (C=O) groups is 2. The Morgan fingerprint density at radius 2 is 2.09 bits per heavy atom. The second-order valence-electron chi connectivity index (χ2n) is 8.61. The van der Waals surface area contributed by atoms with Gasteiger partial charge < -0.3 is 19.9 Å². The topological polar surface area (TPSA) is 140 Å². The van der Waals surface area contributed by atoms with Crippen LogP contribution >= 0.6 is 18.7 Å². The summed E-state index contributed by atoms with van der Waals surface area (Å²) >= 11 is 1.67. The van der Waals surface area contributed by atoms with Crippen LogP contribution in [0.1, 0.15) is 34.1 Å². The molecule has 0 aliphatic carbocycles. The summed E-state index contributed by atoms with van der Waals surface area (Å²) < 4.78 is 14.4. The molecule has 0 spiro atoms. The molecule has 184 valence electrons. The van der Waals surface area contributed by atoms with Gasteiger partial charge in [-0.05, 0) is 27.7 Å². The van der Waals surface area contributed by atoms with Gasteiger partial charge >= 0.3 is 6.03 Å². The van der Waals surface area contributed by atoms with Gasteiger partial charge in [0, 0.05) is 39.1 Å². The van der Waals surface area contributed by atoms with Gasteiger partial charge in [-0.25, -0.2) is 9.79 Å². The summed E-state index contributed by atoms with van der Waals surface area (Å²) in [5.74, 6) is -0.445. The number of urea groups is 1. The van der Waals surface area contributed by atoms with Gasteiger partial charge in [0.15, 0.2) is 12.4 Å². The highest BCUT2D eigenvalue weighted by Gasteiger charge is 2.55. The fourth-order valence-electron chi connectivity index (χ4n) is 4.53. The minimum atomic E-state index is -0.832. The molecule has 2 fully saturated rings. The van der Waals surface area contributed by atoms with Gasteiger partial charge in [-0.3, -0.25) is 19.7 Å². The molecule has 7 atom stereocenters. The van der Waals surface area contributed by atoms with E-state index >= 15 is 0 Å². The average Bonchev–Trinajstić information content (AvgIpc) is 3.36. The van der Waals surface area contributed by atoms with Crippen molar-refractivity contribution in [2.75, 3.05) is 19.9 Å². The molecule has 13 heteroatoms. The highest BCUT2D eigenvalue weighted by atomic mass is 32.7. The molecule has 3 aliphatic heterocycles. The number of rotatable bonds is 10. The minimum absolute atomic E-state index is 0.247. The SMILES string of the molecule is COC1C(SP(CCC#N)N(C(C)C)C(C)C)C(CO)OC1N1C(=O)NC(=O)C2NC=NC21. The Hall–Kier alpha value is -1.48. The van der Waals surface area contributed by atoms with Crippen molar-refractivity contribution in [1.82, 2.24) is 20.2 Å². The Morgan fingerprint density at radius 1 is 1.39 bits per heavy atom. The molecule has 2 saturated heterocycles. The molecule has 0 saturated carbocycles. The molecule has 3 N–H and O–H groups in total. The number of aliphatic hydroxyl groups excluding tert-OH is 1. The van der Waals surface area contributed by atoms with Gasteiger partial charge in [0.25, 0.3) is 5.91 Å². The summed E-state index contributed by atoms with van der Waals surface area (Å²) in [7, 11) is 0.742. The third-order valence-corrected chi connectivity index (χ3v) is 11.5. The molecule has 3 amide bonds. The van der Waals surface area contributed by atoms with E-state index in [0.29, 0.717) is 12.6 Å². The largest absolute Gasteiger partial charge is 0.394 e. The predicted molar refractivity (Wildman–Crippen MR) is 127 cm³/mol. The van der Waals surface area contributed by atoms with Gasteiger partial charge in [0.1, 0.15) is 12.1 Å². The molecule has 0 bridgehead atoms. The first kappa shape index (κ1) is 26.1. The highest BCUT2D eigenvalue weighted by Crippen LogP contribution is 2.60. The number of hydrogen-bond donors (Lipinski definition) is 3. The second-order valence-corrected chi connectivity index (χ2v) is 12.9. The van der Waals surface area contributed by atoms with Crippen molar-refractivity contribution in [2.45, 2.75) is 82.1 Å². The lowest BCUT2D eigenvalue weighted by Gasteiger charge is -2.41. The lowest BCUT2D eigenvalue weighted by Crippen LogP contribution is -2.67. The van der Waals surface area contributed by atoms with Crippen molar-refractivity contribution < 1.29 is 24.2 Å². The zero-order chi connectivity index (χ0) is 24.3. The number of ether oxygens (including phenoxy) is 2. The molecule has 0 aromatic heterocycles. The number of aliphatic hydroxyl groups is 1. The molecule has 33 heavy (non-hydrogen) atoms. The number of nitrogens with zero attached hydrogens (tertiary/aromatic N) is 4. The number of hydrogen-bond acceptors (Lipinski definition) is 10. The second kappa shape index (κ2) is 11.3. The summed E-state index contributed by atoms with van der Waals surface area (Å²) in [5, 5.41) is 24.3. The quantitative estimate of drug-likeness (QED) is 0.376. The van der Waals surface area contributed by atoms with Crippen LogP contribution < -0.4 is 10.6 Å². The number of imide groups is 1. The normalized spacial score (nSPS) is 32.3. The molecule has 0 radical (unpaired) electrons. The Balaban J connectivity index is 1.88. The van der Waals surface area contributed by atoms with Crippen molar-refractivity contribution in [3.8, 4) is 6.07 Å². The van der Waals surface area contributed by atoms with Crippen LogP contribution in [0.3, 0.4) is 0 Å². The number of amides is 3. The highest BCUT2D eigenvalue weighted by molar-refractivity contribution is 8.55. The third-order valence-electron chi connectivity index (χ3n) is 5.80. The van der Waals surface area contributed by atoms with E-state index in [4.69, 9.17) is 9.47 Å². The first-order chi connectivity index (χ1) is 15.7. The lowest BCUT2D eigenvalue weighted by molar-refractivity contribution is -0.133. The van der Waals surface area contributed by atoms with Crippen LogP contribution in [0.2, 0.25) is 0 Å². The van der Waals surface area contributed by atoms with Crippen LogP contribution in [0.4, 0.5) is 4.79 Å². The Morgan fingerprint density at radius 3 is 2.67 bits per heavy atom. The van der Waals surface area contributed by atoms with Crippen LogP contribution in [0.5, 0.6) is 0 Å². The number of nitrogens with one attached hydrogen (secondary N) is 2. The van der Waals surface area contributed by atoms with Gasteiger partial charge in [0.2, 0.25) is 0 Å². The molecule has 11 nitrogen and oxygen atoms in total. The summed E-state index contributed by atoms with van der Waals surface area (Å²) in [4.78, 5) is 30.6. The van der Waals surface area contributed by atoms with E-state index in [-0.39, 0.29) is 23.9 Å². The molecular weight excluding hydrogens is 467 g/mol. The van der Waals surface area contributed by atoms with E-state index in [1.807, 2.05) is 0 Å². The summed E-state index contributed by atoms with van der Waals surface area (Å²) in [5.41, 5.74) is 0. The maximum atomic E-state index is 12.8. The monoisotopic (exact) mass is 500 g/mol. The summed E-state index contributed by atoms with van der Waals surface area (Å²) in [6.07, 6.45) is -0.177. The molecule has 3 aliphatic rings. The smallest absolute Gasteiger partial charge is 0.328 e. The van der Waals surface area contributed by atoms with E-state index in [2.05, 4.69) is 54.1 Å². The van der Waals surface area contributed by atoms with Crippen LogP contribution in [-0.4, -0.2) is 101 Å². The van der Waals surface area contributed by atoms with Gasteiger partial charge in [-0.2, -0.15) is 5.26 Å². The number of carbonyl (C=O) groups excluding carboxylic acids is 2. The maximum absolute atomic E-state index is 12.8. The van der Waals surface area contributed by atoms with Crippen LogP contribution in [-0.2, 0) is 14.3 Å². The summed E-state index contributed by atoms with van der Waals surface area (Å²) in [6.45, 7) is 8.28. The standard InChI is InChI=1S/C20H33N6O5PS/c1-11(2)26(12(3)4)32(8-6-7-21)33-16-13(9-27)31-19(15(16)30-5)25-17-14(22-10-23-17)18(28)24-20(25)29/h10-17,19,27H,6,8-9H2,1-5H3,(H,22,23)(H,24,28,29). The fourth-order valence-corrected chi connectivity index (χ4v) is 10.9. The average molecular weight is 501 g/mol. The lowest BCUT2D eigenvalue weighted by atomic mass is 10.1. The number of fused-ring (bicyclic) bond motifs is 1. The van der Waals surface area contributed by atoms with E-state index in [9.17, 15) is 20.0 Å². The van der Waals surface area contributed by atoms with E-state index in [0.717, 1.165) is 0 Å². The van der Waals surface area contributed by atoms with Gasteiger partial charge in [-0.1, -0.05) is 0 Å². The predicted octanol–water partition coefficient (Wildman–Crippen LogP) is 1.04. The van der Waals surface area contributed by atoms with Gasteiger partial charge in [0.05, 0.1) is 30.4 Å². The Labute approximate surface area is 199 Å². The van der Waals surface area contributed by atoms with Crippen LogP contribution in [0.25, 0.3) is 0 Å². The van der Waals surface area contributed by atoms with E-state index in [1.165, 1.54) is 11.2 Å². The molecule has 3 rings (SSSR count). The van der Waals surface area contributed by atoms with E-state index < -0.39 is 49.9 Å². The number of nitriles is 1. The zero-order valence-corrected chi connectivity index (χ0v) is 21.3. The Bertz CT molecular complexity index is 787. The molecule has 0 aromatic carbocycles. The van der Waals surface area contributed by atoms with Gasteiger partial charge in [-0.15, -0.1) is 11.4 Å². The molecular formula is C20H33N6O5PS.